The molecule has 0 bridgehead atoms. The van der Waals surface area contributed by atoms with Gasteiger partial charge in [0.1, 0.15) is 5.82 Å². The van der Waals surface area contributed by atoms with Gasteiger partial charge in [0.15, 0.2) is 0 Å². The van der Waals surface area contributed by atoms with Gasteiger partial charge in [0.05, 0.1) is 6.61 Å². The summed E-state index contributed by atoms with van der Waals surface area (Å²) in [5.74, 6) is -0.177. The van der Waals surface area contributed by atoms with Crippen molar-refractivity contribution in [2.45, 2.75) is 39.2 Å². The number of halogens is 1. The molecule has 0 amide bonds. The van der Waals surface area contributed by atoms with Gasteiger partial charge in [-0.25, -0.2) is 4.39 Å². The predicted molar refractivity (Wildman–Crippen MR) is 73.3 cm³/mol. The summed E-state index contributed by atoms with van der Waals surface area (Å²) in [6.07, 6.45) is 3.22. The Morgan fingerprint density at radius 2 is 1.94 bits per heavy atom. The molecule has 1 atom stereocenters. The van der Waals surface area contributed by atoms with Gasteiger partial charge in [0.2, 0.25) is 0 Å². The van der Waals surface area contributed by atoms with Gasteiger partial charge in [-0.05, 0) is 37.5 Å². The van der Waals surface area contributed by atoms with Gasteiger partial charge >= 0.3 is 0 Å². The zero-order valence-corrected chi connectivity index (χ0v) is 11.4. The lowest BCUT2D eigenvalue weighted by Crippen LogP contribution is -2.31. The van der Waals surface area contributed by atoms with Crippen molar-refractivity contribution in [3.63, 3.8) is 0 Å². The highest BCUT2D eigenvalue weighted by molar-refractivity contribution is 5.16. The molecular weight excluding hydrogens is 229 g/mol. The summed E-state index contributed by atoms with van der Waals surface area (Å²) in [7, 11) is 0. The van der Waals surface area contributed by atoms with Crippen molar-refractivity contribution in [2.24, 2.45) is 0 Å². The second kappa shape index (κ2) is 9.06. The molecule has 3 heteroatoms. The Morgan fingerprint density at radius 1 is 1.22 bits per heavy atom. The first-order chi connectivity index (χ1) is 8.72. The predicted octanol–water partition coefficient (Wildman–Crippen LogP) is 3.16. The molecule has 0 aliphatic carbocycles. The van der Waals surface area contributed by atoms with Crippen LogP contribution in [0.4, 0.5) is 4.39 Å². The van der Waals surface area contributed by atoms with E-state index in [0.717, 1.165) is 38.2 Å². The molecule has 0 spiro atoms. The molecule has 0 saturated carbocycles. The molecule has 102 valence electrons. The molecule has 0 heterocycles. The molecule has 0 aromatic heterocycles. The number of nitrogens with one attached hydrogen (secondary N) is 1. The van der Waals surface area contributed by atoms with Gasteiger partial charge in [0.25, 0.3) is 0 Å². The van der Waals surface area contributed by atoms with Crippen LogP contribution in [0.25, 0.3) is 0 Å². The standard InChI is InChI=1S/C15H24FNO/c1-3-4-10-18-11-9-17-13(2)12-14-5-7-15(16)8-6-14/h5-8,13,17H,3-4,9-12H2,1-2H3. The third-order valence-corrected chi connectivity index (χ3v) is 2.84. The molecule has 18 heavy (non-hydrogen) atoms. The summed E-state index contributed by atoms with van der Waals surface area (Å²) >= 11 is 0. The van der Waals surface area contributed by atoms with Crippen molar-refractivity contribution in [1.82, 2.24) is 5.32 Å². The van der Waals surface area contributed by atoms with Crippen LogP contribution in [0.5, 0.6) is 0 Å². The summed E-state index contributed by atoms with van der Waals surface area (Å²) in [6, 6.07) is 7.08. The van der Waals surface area contributed by atoms with E-state index in [9.17, 15) is 4.39 Å². The number of hydrogen-bond donors (Lipinski definition) is 1. The minimum Gasteiger partial charge on any atom is -0.380 e. The van der Waals surface area contributed by atoms with Crippen LogP contribution in [0.15, 0.2) is 24.3 Å². The van der Waals surface area contributed by atoms with E-state index in [2.05, 4.69) is 19.2 Å². The summed E-state index contributed by atoms with van der Waals surface area (Å²) in [5.41, 5.74) is 1.16. The van der Waals surface area contributed by atoms with E-state index in [1.165, 1.54) is 18.6 Å². The highest BCUT2D eigenvalue weighted by atomic mass is 19.1. The van der Waals surface area contributed by atoms with Crippen LogP contribution in [0.3, 0.4) is 0 Å². The Hall–Kier alpha value is -0.930. The fraction of sp³-hybridized carbons (Fsp3) is 0.600. The summed E-state index contributed by atoms with van der Waals surface area (Å²) in [6.45, 7) is 6.77. The Labute approximate surface area is 110 Å². The fourth-order valence-electron chi connectivity index (χ4n) is 1.77. The Balaban J connectivity index is 2.10. The van der Waals surface area contributed by atoms with Crippen LogP contribution in [0, 0.1) is 5.82 Å². The Morgan fingerprint density at radius 3 is 2.61 bits per heavy atom. The lowest BCUT2D eigenvalue weighted by molar-refractivity contribution is 0.131. The lowest BCUT2D eigenvalue weighted by Gasteiger charge is -2.14. The molecule has 1 rings (SSSR count). The van der Waals surface area contributed by atoms with E-state index >= 15 is 0 Å². The van der Waals surface area contributed by atoms with E-state index in [1.807, 2.05) is 12.1 Å². The van der Waals surface area contributed by atoms with Gasteiger partial charge < -0.3 is 10.1 Å². The van der Waals surface area contributed by atoms with Crippen LogP contribution in [-0.2, 0) is 11.2 Å². The highest BCUT2D eigenvalue weighted by Gasteiger charge is 2.02. The highest BCUT2D eigenvalue weighted by Crippen LogP contribution is 2.05. The van der Waals surface area contributed by atoms with Gasteiger partial charge in [-0.3, -0.25) is 0 Å². The average Bonchev–Trinajstić information content (AvgIpc) is 2.36. The van der Waals surface area contributed by atoms with Crippen molar-refractivity contribution in [1.29, 1.82) is 0 Å². The topological polar surface area (TPSA) is 21.3 Å². The van der Waals surface area contributed by atoms with E-state index in [0.29, 0.717) is 6.04 Å². The van der Waals surface area contributed by atoms with Gasteiger partial charge in [-0.2, -0.15) is 0 Å². The Kier molecular flexibility index (Phi) is 7.62. The molecule has 2 nitrogen and oxygen atoms in total. The zero-order valence-electron chi connectivity index (χ0n) is 11.4. The van der Waals surface area contributed by atoms with Crippen molar-refractivity contribution in [3.8, 4) is 0 Å². The molecule has 1 aromatic rings. The van der Waals surface area contributed by atoms with Crippen LogP contribution < -0.4 is 5.32 Å². The minimum absolute atomic E-state index is 0.177. The first kappa shape index (κ1) is 15.1. The molecule has 0 saturated heterocycles. The van der Waals surface area contributed by atoms with Crippen molar-refractivity contribution >= 4 is 0 Å². The lowest BCUT2D eigenvalue weighted by atomic mass is 10.1. The van der Waals surface area contributed by atoms with Gasteiger partial charge in [-0.1, -0.05) is 25.5 Å². The smallest absolute Gasteiger partial charge is 0.123 e. The maximum atomic E-state index is 12.7. The maximum absolute atomic E-state index is 12.7. The number of ether oxygens (including phenoxy) is 1. The molecular formula is C15H24FNO. The van der Waals surface area contributed by atoms with Crippen LogP contribution in [0.2, 0.25) is 0 Å². The molecule has 1 N–H and O–H groups in total. The van der Waals surface area contributed by atoms with Crippen molar-refractivity contribution in [3.05, 3.63) is 35.6 Å². The first-order valence-electron chi connectivity index (χ1n) is 6.78. The molecule has 0 radical (unpaired) electrons. The van der Waals surface area contributed by atoms with Crippen molar-refractivity contribution in [2.75, 3.05) is 19.8 Å². The SMILES string of the molecule is CCCCOCCNC(C)Cc1ccc(F)cc1. The van der Waals surface area contributed by atoms with Crippen LogP contribution >= 0.6 is 0 Å². The molecule has 1 aromatic carbocycles. The third kappa shape index (κ3) is 6.72. The largest absolute Gasteiger partial charge is 0.380 e. The average molecular weight is 253 g/mol. The normalized spacial score (nSPS) is 12.6. The number of hydrogen-bond acceptors (Lipinski definition) is 2. The quantitative estimate of drug-likeness (QED) is 0.683. The number of unbranched alkanes of at least 4 members (excludes halogenated alkanes) is 1. The Bertz CT molecular complexity index is 313. The van der Waals surface area contributed by atoms with Crippen LogP contribution in [-0.4, -0.2) is 25.8 Å². The minimum atomic E-state index is -0.177. The molecule has 1 unspecified atom stereocenters. The fourth-order valence-corrected chi connectivity index (χ4v) is 1.77. The zero-order chi connectivity index (χ0) is 13.2. The van der Waals surface area contributed by atoms with Crippen molar-refractivity contribution < 1.29 is 9.13 Å². The first-order valence-corrected chi connectivity index (χ1v) is 6.78. The van der Waals surface area contributed by atoms with E-state index in [4.69, 9.17) is 4.74 Å². The summed E-state index contributed by atoms with van der Waals surface area (Å²) in [4.78, 5) is 0. The van der Waals surface area contributed by atoms with E-state index in [-0.39, 0.29) is 5.82 Å². The van der Waals surface area contributed by atoms with E-state index < -0.39 is 0 Å². The molecule has 0 aliphatic rings. The maximum Gasteiger partial charge on any atom is 0.123 e. The monoisotopic (exact) mass is 253 g/mol. The second-order valence-corrected chi connectivity index (χ2v) is 4.65. The second-order valence-electron chi connectivity index (χ2n) is 4.65. The van der Waals surface area contributed by atoms with Crippen LogP contribution in [0.1, 0.15) is 32.3 Å². The number of rotatable bonds is 9. The van der Waals surface area contributed by atoms with Gasteiger partial charge in [0, 0.05) is 19.2 Å². The number of benzene rings is 1. The van der Waals surface area contributed by atoms with Gasteiger partial charge in [-0.15, -0.1) is 0 Å². The summed E-state index contributed by atoms with van der Waals surface area (Å²) in [5, 5.41) is 3.40. The van der Waals surface area contributed by atoms with E-state index in [1.54, 1.807) is 0 Å². The molecule has 0 aliphatic heterocycles. The molecule has 0 fully saturated rings. The third-order valence-electron chi connectivity index (χ3n) is 2.84. The summed E-state index contributed by atoms with van der Waals surface area (Å²) < 4.78 is 18.2.